The molecule has 0 unspecified atom stereocenters. The van der Waals surface area contributed by atoms with E-state index in [1.807, 2.05) is 47.4 Å². The van der Waals surface area contributed by atoms with Crippen molar-refractivity contribution in [1.82, 2.24) is 10.2 Å². The normalized spacial score (nSPS) is 14.5. The Kier molecular flexibility index (Phi) is 6.51. The summed E-state index contributed by atoms with van der Waals surface area (Å²) in [4.78, 5) is 41.8. The maximum atomic E-state index is 13.7. The van der Waals surface area contributed by atoms with Crippen molar-refractivity contribution < 1.29 is 18.8 Å². The number of hydrogen-bond acceptors (Lipinski definition) is 5. The Morgan fingerprint density at radius 3 is 2.44 bits per heavy atom. The van der Waals surface area contributed by atoms with E-state index in [4.69, 9.17) is 4.42 Å². The first-order valence-electron chi connectivity index (χ1n) is 11.1. The average Bonchev–Trinajstić information content (AvgIpc) is 3.32. The van der Waals surface area contributed by atoms with E-state index in [1.54, 1.807) is 50.3 Å². The van der Waals surface area contributed by atoms with Crippen LogP contribution < -0.4 is 15.5 Å². The molecule has 0 saturated heterocycles. The zero-order valence-electron chi connectivity index (χ0n) is 19.5. The van der Waals surface area contributed by atoms with Gasteiger partial charge >= 0.3 is 0 Å². The van der Waals surface area contributed by atoms with Crippen molar-refractivity contribution in [1.29, 1.82) is 0 Å². The average molecular weight is 461 g/mol. The zero-order chi connectivity index (χ0) is 24.3. The molecule has 0 bridgehead atoms. The molecular weight excluding hydrogens is 432 g/mol. The summed E-state index contributed by atoms with van der Waals surface area (Å²) in [6.45, 7) is 4.43. The van der Waals surface area contributed by atoms with Crippen molar-refractivity contribution in [3.05, 3.63) is 83.8 Å². The van der Waals surface area contributed by atoms with Crippen LogP contribution in [0.25, 0.3) is 0 Å². The number of nitrogens with zero attached hydrogens (tertiary/aromatic N) is 2. The van der Waals surface area contributed by atoms with E-state index in [0.717, 1.165) is 11.3 Å². The van der Waals surface area contributed by atoms with Gasteiger partial charge in [-0.2, -0.15) is 0 Å². The fourth-order valence-corrected chi connectivity index (χ4v) is 4.12. The summed E-state index contributed by atoms with van der Waals surface area (Å²) in [5, 5.41) is 5.50. The van der Waals surface area contributed by atoms with E-state index in [1.165, 1.54) is 0 Å². The third-order valence-corrected chi connectivity index (χ3v) is 5.93. The minimum atomic E-state index is -1.04. The Balaban J connectivity index is 1.59. The van der Waals surface area contributed by atoms with Gasteiger partial charge in [0.25, 0.3) is 5.91 Å². The Labute approximate surface area is 198 Å². The highest BCUT2D eigenvalue weighted by molar-refractivity contribution is 6.14. The molecule has 2 aromatic carbocycles. The molecule has 4 rings (SSSR count). The molecule has 1 aliphatic heterocycles. The van der Waals surface area contributed by atoms with Crippen LogP contribution in [0.1, 0.15) is 35.5 Å². The Hall–Kier alpha value is -3.91. The summed E-state index contributed by atoms with van der Waals surface area (Å²) in [5.41, 5.74) is 1.75. The highest BCUT2D eigenvalue weighted by Gasteiger charge is 2.43. The van der Waals surface area contributed by atoms with Crippen LogP contribution in [0.15, 0.2) is 71.3 Å². The summed E-state index contributed by atoms with van der Waals surface area (Å²) >= 11 is 0. The Bertz CT molecular complexity index is 1190. The van der Waals surface area contributed by atoms with Gasteiger partial charge in [-0.25, -0.2) is 0 Å². The molecule has 0 aliphatic carbocycles. The largest absolute Gasteiger partial charge is 0.468 e. The summed E-state index contributed by atoms with van der Waals surface area (Å²) < 4.78 is 5.52. The first-order valence-corrected chi connectivity index (χ1v) is 11.1. The topological polar surface area (TPSA) is 94.9 Å². The third kappa shape index (κ3) is 4.72. The number of hydrogen-bond donors (Lipinski definition) is 2. The second-order valence-corrected chi connectivity index (χ2v) is 8.76. The fraction of sp³-hybridized carbons (Fsp3) is 0.269. The van der Waals surface area contributed by atoms with Crippen molar-refractivity contribution >= 4 is 29.1 Å². The lowest BCUT2D eigenvalue weighted by molar-refractivity contribution is -0.127. The Morgan fingerprint density at radius 2 is 1.76 bits per heavy atom. The minimum Gasteiger partial charge on any atom is -0.468 e. The summed E-state index contributed by atoms with van der Waals surface area (Å²) in [5.74, 6) is 0.145. The number of carbonyl (C=O) groups excluding carboxylic acids is 3. The number of furan rings is 1. The standard InChI is InChI=1S/C26H28N4O4/c1-26(2)25(33)28-21-8-4-5-9-22(21)30(26)23(31)17-29(16-20-7-6-14-34-20)15-18-10-12-19(13-11-18)24(32)27-3/h4-14H,15-17H2,1-3H3,(H,27,32)(H,28,33). The van der Waals surface area contributed by atoms with Gasteiger partial charge in [-0.3, -0.25) is 24.2 Å². The molecule has 0 fully saturated rings. The smallest absolute Gasteiger partial charge is 0.251 e. The molecule has 2 heterocycles. The van der Waals surface area contributed by atoms with Crippen molar-refractivity contribution in [2.45, 2.75) is 32.5 Å². The fourth-order valence-electron chi connectivity index (χ4n) is 4.12. The van der Waals surface area contributed by atoms with Crippen molar-refractivity contribution in [2.24, 2.45) is 0 Å². The van der Waals surface area contributed by atoms with Gasteiger partial charge in [-0.1, -0.05) is 24.3 Å². The summed E-state index contributed by atoms with van der Waals surface area (Å²) in [6.07, 6.45) is 1.60. The first kappa shape index (κ1) is 23.3. The SMILES string of the molecule is CNC(=O)c1ccc(CN(CC(=O)N2c3ccccc3NC(=O)C2(C)C)Cc2ccco2)cc1. The van der Waals surface area contributed by atoms with E-state index in [0.29, 0.717) is 30.0 Å². The summed E-state index contributed by atoms with van der Waals surface area (Å²) in [6, 6.07) is 18.2. The number of carbonyl (C=O) groups is 3. The number of rotatable bonds is 7. The van der Waals surface area contributed by atoms with Crippen LogP contribution >= 0.6 is 0 Å². The van der Waals surface area contributed by atoms with Gasteiger partial charge in [0.1, 0.15) is 11.3 Å². The number of fused-ring (bicyclic) bond motifs is 1. The van der Waals surface area contributed by atoms with Crippen molar-refractivity contribution in [2.75, 3.05) is 23.8 Å². The lowest BCUT2D eigenvalue weighted by Crippen LogP contribution is -2.60. The van der Waals surface area contributed by atoms with E-state index in [9.17, 15) is 14.4 Å². The molecule has 1 aliphatic rings. The molecule has 8 nitrogen and oxygen atoms in total. The van der Waals surface area contributed by atoms with Crippen LogP contribution in [-0.2, 0) is 22.7 Å². The quantitative estimate of drug-likeness (QED) is 0.564. The van der Waals surface area contributed by atoms with Gasteiger partial charge in [-0.15, -0.1) is 0 Å². The van der Waals surface area contributed by atoms with E-state index in [2.05, 4.69) is 10.6 Å². The van der Waals surface area contributed by atoms with Crippen LogP contribution in [0, 0.1) is 0 Å². The van der Waals surface area contributed by atoms with Gasteiger partial charge in [0, 0.05) is 19.2 Å². The molecule has 3 amide bonds. The van der Waals surface area contributed by atoms with Crippen molar-refractivity contribution in [3.8, 4) is 0 Å². The highest BCUT2D eigenvalue weighted by atomic mass is 16.3. The Morgan fingerprint density at radius 1 is 1.03 bits per heavy atom. The lowest BCUT2D eigenvalue weighted by Gasteiger charge is -2.42. The minimum absolute atomic E-state index is 0.0724. The van der Waals surface area contributed by atoms with E-state index in [-0.39, 0.29) is 24.3 Å². The number of nitrogens with one attached hydrogen (secondary N) is 2. The van der Waals surface area contributed by atoms with E-state index < -0.39 is 5.54 Å². The van der Waals surface area contributed by atoms with Gasteiger partial charge in [0.05, 0.1) is 30.7 Å². The number of para-hydroxylation sites is 2. The number of benzene rings is 2. The van der Waals surface area contributed by atoms with Gasteiger partial charge in [-0.05, 0) is 55.8 Å². The lowest BCUT2D eigenvalue weighted by atomic mass is 9.96. The molecule has 34 heavy (non-hydrogen) atoms. The molecule has 3 aromatic rings. The predicted molar refractivity (Wildman–Crippen MR) is 129 cm³/mol. The highest BCUT2D eigenvalue weighted by Crippen LogP contribution is 2.36. The number of anilines is 2. The second kappa shape index (κ2) is 9.52. The maximum Gasteiger partial charge on any atom is 0.251 e. The van der Waals surface area contributed by atoms with Crippen LogP contribution in [0.3, 0.4) is 0 Å². The molecule has 0 saturated carbocycles. The van der Waals surface area contributed by atoms with Gasteiger partial charge in [0.15, 0.2) is 0 Å². The van der Waals surface area contributed by atoms with Crippen LogP contribution in [-0.4, -0.2) is 41.8 Å². The number of amides is 3. The van der Waals surface area contributed by atoms with Crippen LogP contribution in [0.5, 0.6) is 0 Å². The third-order valence-electron chi connectivity index (χ3n) is 5.93. The molecule has 0 atom stereocenters. The monoisotopic (exact) mass is 460 g/mol. The van der Waals surface area contributed by atoms with Crippen molar-refractivity contribution in [3.63, 3.8) is 0 Å². The van der Waals surface area contributed by atoms with Crippen LogP contribution in [0.2, 0.25) is 0 Å². The van der Waals surface area contributed by atoms with Gasteiger partial charge in [0.2, 0.25) is 11.8 Å². The molecule has 0 spiro atoms. The first-order chi connectivity index (χ1) is 16.3. The van der Waals surface area contributed by atoms with Crippen LogP contribution in [0.4, 0.5) is 11.4 Å². The molecule has 1 aromatic heterocycles. The zero-order valence-corrected chi connectivity index (χ0v) is 19.5. The molecule has 8 heteroatoms. The molecule has 0 radical (unpaired) electrons. The predicted octanol–water partition coefficient (Wildman–Crippen LogP) is 3.41. The second-order valence-electron chi connectivity index (χ2n) is 8.76. The summed E-state index contributed by atoms with van der Waals surface area (Å²) in [7, 11) is 1.59. The molecule has 176 valence electrons. The van der Waals surface area contributed by atoms with E-state index >= 15 is 0 Å². The molecular formula is C26H28N4O4. The molecule has 2 N–H and O–H groups in total. The maximum absolute atomic E-state index is 13.7. The van der Waals surface area contributed by atoms with Gasteiger partial charge < -0.3 is 15.1 Å².